The van der Waals surface area contributed by atoms with Gasteiger partial charge in [-0.05, 0) is 25.1 Å². The number of hydrogen-bond donors (Lipinski definition) is 0. The van der Waals surface area contributed by atoms with Crippen LogP contribution in [-0.4, -0.2) is 42.0 Å². The Labute approximate surface area is 123 Å². The number of benzene rings is 1. The van der Waals surface area contributed by atoms with Crippen LogP contribution >= 0.6 is 0 Å². The van der Waals surface area contributed by atoms with E-state index in [9.17, 15) is 9.59 Å². The molecule has 0 unspecified atom stereocenters. The fourth-order valence-electron chi connectivity index (χ4n) is 2.19. The number of hydrogen-bond acceptors (Lipinski definition) is 4. The van der Waals surface area contributed by atoms with E-state index in [0.717, 1.165) is 10.9 Å². The molecule has 0 bridgehead atoms. The maximum atomic E-state index is 12.6. The average Bonchev–Trinajstić information content (AvgIpc) is 2.54. The quantitative estimate of drug-likeness (QED) is 0.791. The van der Waals surface area contributed by atoms with E-state index in [1.165, 1.54) is 7.11 Å². The summed E-state index contributed by atoms with van der Waals surface area (Å²) in [4.78, 5) is 29.8. The van der Waals surface area contributed by atoms with Crippen molar-refractivity contribution in [1.82, 2.24) is 9.88 Å². The third-order valence-electron chi connectivity index (χ3n) is 3.36. The molecule has 1 aromatic heterocycles. The molecule has 21 heavy (non-hydrogen) atoms. The van der Waals surface area contributed by atoms with Crippen LogP contribution in [0, 0.1) is 0 Å². The summed E-state index contributed by atoms with van der Waals surface area (Å²) < 4.78 is 4.61. The minimum absolute atomic E-state index is 0.0972. The van der Waals surface area contributed by atoms with E-state index in [0.29, 0.717) is 18.7 Å². The number of aromatic nitrogens is 1. The lowest BCUT2D eigenvalue weighted by Gasteiger charge is -2.21. The topological polar surface area (TPSA) is 59.5 Å². The zero-order valence-electron chi connectivity index (χ0n) is 12.2. The number of amides is 1. The van der Waals surface area contributed by atoms with Crippen LogP contribution in [0.2, 0.25) is 0 Å². The molecule has 0 N–H and O–H groups in total. The summed E-state index contributed by atoms with van der Waals surface area (Å²) in [7, 11) is 1.34. The number of carbonyl (C=O) groups excluding carboxylic acids is 2. The van der Waals surface area contributed by atoms with Gasteiger partial charge in [-0.25, -0.2) is 0 Å². The first-order valence-corrected chi connectivity index (χ1v) is 6.87. The Bertz CT molecular complexity index is 650. The number of esters is 1. The molecule has 2 rings (SSSR count). The van der Waals surface area contributed by atoms with Gasteiger partial charge in [0.15, 0.2) is 0 Å². The largest absolute Gasteiger partial charge is 0.469 e. The molecule has 0 aliphatic rings. The van der Waals surface area contributed by atoms with E-state index < -0.39 is 0 Å². The molecule has 5 heteroatoms. The van der Waals surface area contributed by atoms with E-state index in [-0.39, 0.29) is 18.3 Å². The highest BCUT2D eigenvalue weighted by molar-refractivity contribution is 6.06. The SMILES string of the molecule is CCN(CCC(=O)OC)C(=O)c1cccc2ncccc12. The number of nitrogens with zero attached hydrogens (tertiary/aromatic N) is 2. The lowest BCUT2D eigenvalue weighted by atomic mass is 10.1. The molecule has 0 atom stereocenters. The Kier molecular flexibility index (Phi) is 4.87. The predicted octanol–water partition coefficient (Wildman–Crippen LogP) is 2.26. The summed E-state index contributed by atoms with van der Waals surface area (Å²) in [6, 6.07) is 9.16. The molecule has 0 radical (unpaired) electrons. The Hall–Kier alpha value is -2.43. The van der Waals surface area contributed by atoms with E-state index >= 15 is 0 Å². The zero-order chi connectivity index (χ0) is 15.2. The number of carbonyl (C=O) groups is 2. The highest BCUT2D eigenvalue weighted by atomic mass is 16.5. The van der Waals surface area contributed by atoms with Crippen LogP contribution in [0.25, 0.3) is 10.9 Å². The summed E-state index contributed by atoms with van der Waals surface area (Å²) in [5.41, 5.74) is 1.39. The van der Waals surface area contributed by atoms with Crippen LogP contribution in [-0.2, 0) is 9.53 Å². The van der Waals surface area contributed by atoms with Gasteiger partial charge in [-0.15, -0.1) is 0 Å². The normalized spacial score (nSPS) is 10.4. The van der Waals surface area contributed by atoms with Gasteiger partial charge in [0.1, 0.15) is 0 Å². The Morgan fingerprint density at radius 2 is 2.05 bits per heavy atom. The van der Waals surface area contributed by atoms with Crippen LogP contribution < -0.4 is 0 Å². The van der Waals surface area contributed by atoms with Crippen molar-refractivity contribution in [1.29, 1.82) is 0 Å². The maximum Gasteiger partial charge on any atom is 0.307 e. The van der Waals surface area contributed by atoms with Gasteiger partial charge >= 0.3 is 5.97 Å². The molecule has 5 nitrogen and oxygen atoms in total. The molecule has 0 aliphatic carbocycles. The van der Waals surface area contributed by atoms with Crippen molar-refractivity contribution in [3.05, 3.63) is 42.1 Å². The molecule has 1 amide bonds. The van der Waals surface area contributed by atoms with Gasteiger partial charge in [-0.2, -0.15) is 0 Å². The van der Waals surface area contributed by atoms with Crippen LogP contribution in [0.15, 0.2) is 36.5 Å². The lowest BCUT2D eigenvalue weighted by Crippen LogP contribution is -2.33. The van der Waals surface area contributed by atoms with Crippen LogP contribution in [0.5, 0.6) is 0 Å². The Morgan fingerprint density at radius 3 is 2.76 bits per heavy atom. The van der Waals surface area contributed by atoms with Crippen molar-refractivity contribution in [2.75, 3.05) is 20.2 Å². The zero-order valence-corrected chi connectivity index (χ0v) is 12.2. The van der Waals surface area contributed by atoms with Gasteiger partial charge in [0, 0.05) is 30.2 Å². The van der Waals surface area contributed by atoms with Gasteiger partial charge in [-0.3, -0.25) is 14.6 Å². The van der Waals surface area contributed by atoms with Crippen molar-refractivity contribution in [2.24, 2.45) is 0 Å². The molecular formula is C16H18N2O3. The monoisotopic (exact) mass is 286 g/mol. The maximum absolute atomic E-state index is 12.6. The molecule has 0 spiro atoms. The number of pyridine rings is 1. The van der Waals surface area contributed by atoms with E-state index in [2.05, 4.69) is 9.72 Å². The highest BCUT2D eigenvalue weighted by Crippen LogP contribution is 2.18. The summed E-state index contributed by atoms with van der Waals surface area (Å²) in [5, 5.41) is 0.821. The smallest absolute Gasteiger partial charge is 0.307 e. The van der Waals surface area contributed by atoms with Crippen LogP contribution in [0.1, 0.15) is 23.7 Å². The van der Waals surface area contributed by atoms with E-state index in [4.69, 9.17) is 0 Å². The second-order valence-corrected chi connectivity index (χ2v) is 4.59. The molecule has 2 aromatic rings. The van der Waals surface area contributed by atoms with Crippen molar-refractivity contribution in [2.45, 2.75) is 13.3 Å². The van der Waals surface area contributed by atoms with Gasteiger partial charge in [0.2, 0.25) is 0 Å². The van der Waals surface area contributed by atoms with Crippen molar-refractivity contribution in [3.8, 4) is 0 Å². The Morgan fingerprint density at radius 1 is 1.24 bits per heavy atom. The van der Waals surface area contributed by atoms with Gasteiger partial charge in [-0.1, -0.05) is 12.1 Å². The minimum atomic E-state index is -0.319. The van der Waals surface area contributed by atoms with Crippen LogP contribution in [0.3, 0.4) is 0 Å². The van der Waals surface area contributed by atoms with Gasteiger partial charge in [0.05, 0.1) is 19.0 Å². The first kappa shape index (κ1) is 15.0. The van der Waals surface area contributed by atoms with Crippen molar-refractivity contribution in [3.63, 3.8) is 0 Å². The summed E-state index contributed by atoms with van der Waals surface area (Å²) in [5.74, 6) is -0.416. The van der Waals surface area contributed by atoms with Gasteiger partial charge < -0.3 is 9.64 Å². The first-order chi connectivity index (χ1) is 10.2. The predicted molar refractivity (Wildman–Crippen MR) is 80.0 cm³/mol. The molecule has 1 heterocycles. The second kappa shape index (κ2) is 6.83. The molecule has 110 valence electrons. The third-order valence-corrected chi connectivity index (χ3v) is 3.36. The molecule has 1 aromatic carbocycles. The molecule has 0 fully saturated rings. The molecule has 0 saturated heterocycles. The average molecular weight is 286 g/mol. The van der Waals surface area contributed by atoms with E-state index in [1.54, 1.807) is 17.2 Å². The number of methoxy groups -OCH3 is 1. The minimum Gasteiger partial charge on any atom is -0.469 e. The molecule has 0 aliphatic heterocycles. The summed E-state index contributed by atoms with van der Waals surface area (Å²) in [6.07, 6.45) is 1.89. The van der Waals surface area contributed by atoms with E-state index in [1.807, 2.05) is 31.2 Å². The molecule has 0 saturated carbocycles. The van der Waals surface area contributed by atoms with Crippen LogP contribution in [0.4, 0.5) is 0 Å². The summed E-state index contributed by atoms with van der Waals surface area (Å²) in [6.45, 7) is 2.77. The second-order valence-electron chi connectivity index (χ2n) is 4.59. The fourth-order valence-corrected chi connectivity index (χ4v) is 2.19. The standard InChI is InChI=1S/C16H18N2O3/c1-3-18(11-9-15(19)21-2)16(20)13-6-4-8-14-12(13)7-5-10-17-14/h4-8,10H,3,9,11H2,1-2H3. The van der Waals surface area contributed by atoms with Gasteiger partial charge in [0.25, 0.3) is 5.91 Å². The number of rotatable bonds is 5. The van der Waals surface area contributed by atoms with Crippen molar-refractivity contribution >= 4 is 22.8 Å². The first-order valence-electron chi connectivity index (χ1n) is 6.87. The highest BCUT2D eigenvalue weighted by Gasteiger charge is 2.17. The lowest BCUT2D eigenvalue weighted by molar-refractivity contribution is -0.140. The summed E-state index contributed by atoms with van der Waals surface area (Å²) >= 11 is 0. The number of ether oxygens (including phenoxy) is 1. The number of fused-ring (bicyclic) bond motifs is 1. The van der Waals surface area contributed by atoms with Crippen molar-refractivity contribution < 1.29 is 14.3 Å². The molecular weight excluding hydrogens is 268 g/mol. The Balaban J connectivity index is 2.25. The fraction of sp³-hybridized carbons (Fsp3) is 0.312. The third kappa shape index (κ3) is 3.37.